The van der Waals surface area contributed by atoms with Crippen molar-refractivity contribution in [2.75, 3.05) is 26.8 Å². The molecule has 0 saturated heterocycles. The van der Waals surface area contributed by atoms with Crippen molar-refractivity contribution in [1.29, 1.82) is 0 Å². The van der Waals surface area contributed by atoms with Crippen LogP contribution in [0, 0.1) is 11.8 Å². The number of hydrogen-bond donors (Lipinski definition) is 1. The first-order valence-corrected chi connectivity index (χ1v) is 8.43. The highest BCUT2D eigenvalue weighted by molar-refractivity contribution is 7.16. The molecule has 108 valence electrons. The number of methoxy groups -OCH3 is 1. The van der Waals surface area contributed by atoms with Crippen molar-refractivity contribution in [2.24, 2.45) is 11.8 Å². The largest absolute Gasteiger partial charge is 0.383 e. The van der Waals surface area contributed by atoms with Gasteiger partial charge in [0, 0.05) is 18.5 Å². The number of nitrogens with one attached hydrogen (secondary N) is 1. The van der Waals surface area contributed by atoms with Gasteiger partial charge in [0.1, 0.15) is 0 Å². The smallest absolute Gasteiger partial charge is 0.0931 e. The summed E-state index contributed by atoms with van der Waals surface area (Å²) in [5.74, 6) is 1.63. The second-order valence-corrected chi connectivity index (χ2v) is 7.21. The Bertz CT molecular complexity index is 363. The van der Waals surface area contributed by atoms with Gasteiger partial charge in [-0.2, -0.15) is 0 Å². The maximum Gasteiger partial charge on any atom is 0.0931 e. The van der Waals surface area contributed by atoms with Crippen LogP contribution in [0.3, 0.4) is 0 Å². The van der Waals surface area contributed by atoms with Crippen LogP contribution in [0.4, 0.5) is 0 Å². The Balaban J connectivity index is 1.85. The van der Waals surface area contributed by atoms with E-state index in [4.69, 9.17) is 16.3 Å². The molecule has 0 aliphatic heterocycles. The number of thiophene rings is 1. The molecule has 0 bridgehead atoms. The zero-order valence-electron chi connectivity index (χ0n) is 11.7. The van der Waals surface area contributed by atoms with Crippen molar-refractivity contribution in [3.05, 3.63) is 21.3 Å². The standard InChI is InChI=1S/C15H24ClNOS/c1-18-9-8-17-11-13(12-4-2-3-5-12)10-14-6-7-15(16)19-14/h6-7,12-13,17H,2-5,8-11H2,1H3. The minimum atomic E-state index is 0.745. The summed E-state index contributed by atoms with van der Waals surface area (Å²) >= 11 is 7.77. The highest BCUT2D eigenvalue weighted by Gasteiger charge is 2.25. The lowest BCUT2D eigenvalue weighted by atomic mass is 9.87. The summed E-state index contributed by atoms with van der Waals surface area (Å²) < 4.78 is 6.00. The van der Waals surface area contributed by atoms with Gasteiger partial charge >= 0.3 is 0 Å². The summed E-state index contributed by atoms with van der Waals surface area (Å²) in [6, 6.07) is 4.20. The van der Waals surface area contributed by atoms with E-state index in [2.05, 4.69) is 11.4 Å². The van der Waals surface area contributed by atoms with Gasteiger partial charge in [0.15, 0.2) is 0 Å². The fourth-order valence-corrected chi connectivity index (χ4v) is 4.20. The maximum absolute atomic E-state index is 6.04. The average Bonchev–Trinajstić information content (AvgIpc) is 3.04. The molecule has 1 fully saturated rings. The molecule has 0 spiro atoms. The first-order chi connectivity index (χ1) is 9.29. The van der Waals surface area contributed by atoms with Gasteiger partial charge in [-0.25, -0.2) is 0 Å². The Morgan fingerprint density at radius 2 is 2.21 bits per heavy atom. The normalized spacial score (nSPS) is 18.0. The highest BCUT2D eigenvalue weighted by Crippen LogP contribution is 2.34. The van der Waals surface area contributed by atoms with Crippen molar-refractivity contribution < 1.29 is 4.74 Å². The first kappa shape index (κ1) is 15.3. The quantitative estimate of drug-likeness (QED) is 0.733. The molecular formula is C15H24ClNOS. The van der Waals surface area contributed by atoms with Crippen molar-refractivity contribution in [1.82, 2.24) is 5.32 Å². The second kappa shape index (κ2) is 8.25. The molecule has 0 amide bonds. The first-order valence-electron chi connectivity index (χ1n) is 7.23. The lowest BCUT2D eigenvalue weighted by Crippen LogP contribution is -2.30. The summed E-state index contributed by atoms with van der Waals surface area (Å²) in [6.07, 6.45) is 6.78. The van der Waals surface area contributed by atoms with Crippen LogP contribution >= 0.6 is 22.9 Å². The third-order valence-corrected chi connectivity index (χ3v) is 5.30. The molecule has 1 aliphatic rings. The second-order valence-electron chi connectivity index (χ2n) is 5.41. The predicted molar refractivity (Wildman–Crippen MR) is 83.2 cm³/mol. The molecule has 1 N–H and O–H groups in total. The summed E-state index contributed by atoms with van der Waals surface area (Å²) in [4.78, 5) is 1.43. The van der Waals surface area contributed by atoms with E-state index in [1.807, 2.05) is 6.07 Å². The number of rotatable bonds is 8. The van der Waals surface area contributed by atoms with Crippen molar-refractivity contribution in [2.45, 2.75) is 32.1 Å². The Morgan fingerprint density at radius 1 is 1.42 bits per heavy atom. The number of ether oxygens (including phenoxy) is 1. The fraction of sp³-hybridized carbons (Fsp3) is 0.733. The lowest BCUT2D eigenvalue weighted by molar-refractivity contribution is 0.195. The van der Waals surface area contributed by atoms with Gasteiger partial charge in [0.2, 0.25) is 0 Å². The predicted octanol–water partition coefficient (Wildman–Crippen LogP) is 3.99. The molecular weight excluding hydrogens is 278 g/mol. The van der Waals surface area contributed by atoms with E-state index in [-0.39, 0.29) is 0 Å². The Hall–Kier alpha value is -0.0900. The molecule has 1 saturated carbocycles. The van der Waals surface area contributed by atoms with Crippen LogP contribution in [0.2, 0.25) is 4.34 Å². The van der Waals surface area contributed by atoms with Gasteiger partial charge in [0.05, 0.1) is 10.9 Å². The fourth-order valence-electron chi connectivity index (χ4n) is 3.02. The van der Waals surface area contributed by atoms with E-state index in [1.165, 1.54) is 37.0 Å². The molecule has 2 rings (SSSR count). The van der Waals surface area contributed by atoms with E-state index in [1.54, 1.807) is 18.4 Å². The van der Waals surface area contributed by atoms with Crippen LogP contribution in [0.25, 0.3) is 0 Å². The molecule has 1 aromatic heterocycles. The van der Waals surface area contributed by atoms with Gasteiger partial charge in [-0.1, -0.05) is 37.3 Å². The van der Waals surface area contributed by atoms with Gasteiger partial charge in [-0.3, -0.25) is 0 Å². The van der Waals surface area contributed by atoms with E-state index in [0.717, 1.165) is 35.9 Å². The third-order valence-electron chi connectivity index (χ3n) is 4.05. The zero-order valence-corrected chi connectivity index (χ0v) is 13.2. The molecule has 0 radical (unpaired) electrons. The zero-order chi connectivity index (χ0) is 13.5. The Kier molecular flexibility index (Phi) is 6.65. The van der Waals surface area contributed by atoms with Crippen LogP contribution in [0.5, 0.6) is 0 Å². The summed E-state index contributed by atoms with van der Waals surface area (Å²) in [5, 5.41) is 3.54. The van der Waals surface area contributed by atoms with Gasteiger partial charge in [-0.05, 0) is 36.9 Å². The minimum Gasteiger partial charge on any atom is -0.383 e. The molecule has 1 aromatic rings. The number of halogens is 1. The van der Waals surface area contributed by atoms with Crippen LogP contribution < -0.4 is 5.32 Å². The van der Waals surface area contributed by atoms with Crippen molar-refractivity contribution in [3.63, 3.8) is 0 Å². The summed E-state index contributed by atoms with van der Waals surface area (Å²) in [7, 11) is 1.75. The molecule has 19 heavy (non-hydrogen) atoms. The maximum atomic E-state index is 6.04. The van der Waals surface area contributed by atoms with E-state index in [9.17, 15) is 0 Å². The van der Waals surface area contributed by atoms with E-state index < -0.39 is 0 Å². The Morgan fingerprint density at radius 3 is 2.84 bits per heavy atom. The van der Waals surface area contributed by atoms with Crippen molar-refractivity contribution >= 4 is 22.9 Å². The minimum absolute atomic E-state index is 0.745. The SMILES string of the molecule is COCCNCC(Cc1ccc(Cl)s1)C1CCCC1. The molecule has 1 aliphatic carbocycles. The monoisotopic (exact) mass is 301 g/mol. The third kappa shape index (κ3) is 5.07. The molecule has 2 nitrogen and oxygen atoms in total. The molecule has 1 atom stereocenters. The average molecular weight is 302 g/mol. The van der Waals surface area contributed by atoms with E-state index >= 15 is 0 Å². The van der Waals surface area contributed by atoms with Gasteiger partial charge in [-0.15, -0.1) is 11.3 Å². The molecule has 1 unspecified atom stereocenters. The highest BCUT2D eigenvalue weighted by atomic mass is 35.5. The summed E-state index contributed by atoms with van der Waals surface area (Å²) in [6.45, 7) is 2.84. The van der Waals surface area contributed by atoms with Gasteiger partial charge in [0.25, 0.3) is 0 Å². The van der Waals surface area contributed by atoms with Crippen LogP contribution in [0.15, 0.2) is 12.1 Å². The van der Waals surface area contributed by atoms with Gasteiger partial charge < -0.3 is 10.1 Å². The van der Waals surface area contributed by atoms with Crippen LogP contribution in [-0.2, 0) is 11.2 Å². The topological polar surface area (TPSA) is 21.3 Å². The molecule has 1 heterocycles. The lowest BCUT2D eigenvalue weighted by Gasteiger charge is -2.23. The van der Waals surface area contributed by atoms with Crippen LogP contribution in [0.1, 0.15) is 30.6 Å². The summed E-state index contributed by atoms with van der Waals surface area (Å²) in [5.41, 5.74) is 0. The molecule has 4 heteroatoms. The van der Waals surface area contributed by atoms with Crippen molar-refractivity contribution in [3.8, 4) is 0 Å². The van der Waals surface area contributed by atoms with E-state index in [0.29, 0.717) is 0 Å². The Labute approximate surface area is 125 Å². The molecule has 0 aromatic carbocycles. The number of hydrogen-bond acceptors (Lipinski definition) is 3. The van der Waals surface area contributed by atoms with Crippen LogP contribution in [-0.4, -0.2) is 26.8 Å².